The van der Waals surface area contributed by atoms with Gasteiger partial charge in [0.05, 0.1) is 13.2 Å². The Kier molecular flexibility index (Phi) is 5.93. The van der Waals surface area contributed by atoms with Crippen molar-refractivity contribution < 1.29 is 9.53 Å². The average molecular weight is 386 g/mol. The summed E-state index contributed by atoms with van der Waals surface area (Å²) in [5, 5.41) is 0. The van der Waals surface area contributed by atoms with Crippen LogP contribution >= 0.6 is 0 Å². The first-order valence-electron chi connectivity index (χ1n) is 10.9. The van der Waals surface area contributed by atoms with Gasteiger partial charge in [0.15, 0.2) is 0 Å². The van der Waals surface area contributed by atoms with Crippen molar-refractivity contribution in [3.63, 3.8) is 0 Å². The molecule has 1 amide bonds. The van der Waals surface area contributed by atoms with E-state index < -0.39 is 0 Å². The van der Waals surface area contributed by atoms with Gasteiger partial charge in [0.1, 0.15) is 0 Å². The molecule has 5 nitrogen and oxygen atoms in total. The Bertz CT molecular complexity index is 676. The minimum absolute atomic E-state index is 0.234. The van der Waals surface area contributed by atoms with E-state index in [1.54, 1.807) is 0 Å². The summed E-state index contributed by atoms with van der Waals surface area (Å²) in [6.45, 7) is 13.1. The van der Waals surface area contributed by atoms with Crippen molar-refractivity contribution in [1.82, 2.24) is 9.80 Å². The highest BCUT2D eigenvalue weighted by Gasteiger charge is 2.44. The maximum absolute atomic E-state index is 12.4. The molecule has 28 heavy (non-hydrogen) atoms. The lowest BCUT2D eigenvalue weighted by Crippen LogP contribution is -2.41. The smallest absolute Gasteiger partial charge is 0.223 e. The summed E-state index contributed by atoms with van der Waals surface area (Å²) in [4.78, 5) is 19.6. The third-order valence-corrected chi connectivity index (χ3v) is 6.60. The minimum atomic E-state index is 0.234. The molecule has 3 aliphatic heterocycles. The highest BCUT2D eigenvalue weighted by atomic mass is 16.5. The summed E-state index contributed by atoms with van der Waals surface area (Å²) in [5.74, 6) is 0.929. The van der Waals surface area contributed by atoms with Gasteiger partial charge in [0.2, 0.25) is 5.91 Å². The van der Waals surface area contributed by atoms with E-state index in [0.29, 0.717) is 11.8 Å². The first kappa shape index (κ1) is 19.7. The molecule has 3 heterocycles. The van der Waals surface area contributed by atoms with Gasteiger partial charge < -0.3 is 14.5 Å². The number of anilines is 1. The molecule has 0 N–H and O–H groups in total. The van der Waals surface area contributed by atoms with Gasteiger partial charge in [-0.15, -0.1) is 0 Å². The number of ether oxygens (including phenoxy) is 1. The summed E-state index contributed by atoms with van der Waals surface area (Å²) in [6.07, 6.45) is 3.06. The molecule has 3 saturated heterocycles. The summed E-state index contributed by atoms with van der Waals surface area (Å²) < 4.78 is 5.48. The molecular formula is C23H35N3O2. The largest absolute Gasteiger partial charge is 0.378 e. The zero-order valence-electron chi connectivity index (χ0n) is 17.5. The van der Waals surface area contributed by atoms with Crippen molar-refractivity contribution in [2.75, 3.05) is 57.4 Å². The van der Waals surface area contributed by atoms with Crippen molar-refractivity contribution in [2.45, 2.75) is 39.7 Å². The van der Waals surface area contributed by atoms with Crippen LogP contribution in [0.25, 0.3) is 0 Å². The molecule has 0 unspecified atom stereocenters. The Hall–Kier alpha value is -1.59. The zero-order chi connectivity index (χ0) is 19.6. The predicted octanol–water partition coefficient (Wildman–Crippen LogP) is 2.99. The van der Waals surface area contributed by atoms with Crippen LogP contribution in [0.3, 0.4) is 0 Å². The van der Waals surface area contributed by atoms with E-state index in [-0.39, 0.29) is 5.41 Å². The molecule has 0 saturated carbocycles. The monoisotopic (exact) mass is 385 g/mol. The maximum Gasteiger partial charge on any atom is 0.223 e. The van der Waals surface area contributed by atoms with Crippen molar-refractivity contribution >= 4 is 11.6 Å². The van der Waals surface area contributed by atoms with Crippen LogP contribution in [0.1, 0.15) is 38.7 Å². The number of rotatable bonds is 5. The molecule has 1 aromatic carbocycles. The highest BCUT2D eigenvalue weighted by Crippen LogP contribution is 2.41. The van der Waals surface area contributed by atoms with Gasteiger partial charge in [-0.1, -0.05) is 26.0 Å². The molecule has 0 atom stereocenters. The van der Waals surface area contributed by atoms with Crippen molar-refractivity contribution in [2.24, 2.45) is 11.3 Å². The molecule has 0 aromatic heterocycles. The predicted molar refractivity (Wildman–Crippen MR) is 112 cm³/mol. The number of piperidine rings is 1. The Morgan fingerprint density at radius 1 is 1.11 bits per heavy atom. The van der Waals surface area contributed by atoms with E-state index in [2.05, 4.69) is 52.8 Å². The van der Waals surface area contributed by atoms with E-state index >= 15 is 0 Å². The highest BCUT2D eigenvalue weighted by molar-refractivity contribution is 5.79. The van der Waals surface area contributed by atoms with E-state index in [9.17, 15) is 4.79 Å². The van der Waals surface area contributed by atoms with Gasteiger partial charge in [-0.25, -0.2) is 0 Å². The molecule has 4 rings (SSSR count). The summed E-state index contributed by atoms with van der Waals surface area (Å²) in [6, 6.07) is 9.00. The second kappa shape index (κ2) is 8.42. The van der Waals surface area contributed by atoms with Crippen molar-refractivity contribution in [1.29, 1.82) is 0 Å². The Labute approximate surface area is 169 Å². The van der Waals surface area contributed by atoms with Crippen LogP contribution in [0.2, 0.25) is 0 Å². The van der Waals surface area contributed by atoms with Crippen LogP contribution in [-0.4, -0.2) is 68.2 Å². The zero-order valence-corrected chi connectivity index (χ0v) is 17.5. The third-order valence-electron chi connectivity index (χ3n) is 6.60. The molecule has 1 aromatic rings. The number of amides is 1. The third kappa shape index (κ3) is 4.52. The fraction of sp³-hybridized carbons (Fsp3) is 0.696. The number of nitrogens with zero attached hydrogens (tertiary/aromatic N) is 3. The van der Waals surface area contributed by atoms with Crippen LogP contribution in [0.15, 0.2) is 24.3 Å². The van der Waals surface area contributed by atoms with Gasteiger partial charge in [-0.2, -0.15) is 0 Å². The fourth-order valence-electron chi connectivity index (χ4n) is 5.04. The average Bonchev–Trinajstić information content (AvgIpc) is 2.99. The van der Waals surface area contributed by atoms with E-state index in [4.69, 9.17) is 4.74 Å². The molecule has 1 spiro atoms. The van der Waals surface area contributed by atoms with Crippen LogP contribution in [0.4, 0.5) is 5.69 Å². The standard InChI is InChI=1S/C23H35N3O2/c1-19(2)16-26-18-23(15-22(26)27)6-8-24(9-7-23)17-20-4-3-5-21(14-20)25-10-12-28-13-11-25/h3-5,14,19H,6-13,15-18H2,1-2H3. The van der Waals surface area contributed by atoms with E-state index in [1.807, 2.05) is 0 Å². The quantitative estimate of drug-likeness (QED) is 0.781. The van der Waals surface area contributed by atoms with Crippen LogP contribution in [-0.2, 0) is 16.1 Å². The minimum Gasteiger partial charge on any atom is -0.378 e. The molecule has 5 heteroatoms. The maximum atomic E-state index is 12.4. The number of likely N-dealkylation sites (tertiary alicyclic amines) is 2. The summed E-state index contributed by atoms with van der Waals surface area (Å²) in [5.41, 5.74) is 2.95. The lowest BCUT2D eigenvalue weighted by Gasteiger charge is -2.39. The Morgan fingerprint density at radius 3 is 2.57 bits per heavy atom. The Balaban J connectivity index is 1.32. The van der Waals surface area contributed by atoms with Crippen molar-refractivity contribution in [3.05, 3.63) is 29.8 Å². The molecule has 3 aliphatic rings. The number of hydrogen-bond donors (Lipinski definition) is 0. The van der Waals surface area contributed by atoms with Gasteiger partial charge in [-0.3, -0.25) is 9.69 Å². The normalized spacial score (nSPS) is 23.2. The molecule has 0 aliphatic carbocycles. The number of hydrogen-bond acceptors (Lipinski definition) is 4. The summed E-state index contributed by atoms with van der Waals surface area (Å²) in [7, 11) is 0. The molecule has 3 fully saturated rings. The first-order chi connectivity index (χ1) is 13.5. The topological polar surface area (TPSA) is 36.0 Å². The van der Waals surface area contributed by atoms with Crippen LogP contribution in [0.5, 0.6) is 0 Å². The Morgan fingerprint density at radius 2 is 1.86 bits per heavy atom. The lowest BCUT2D eigenvalue weighted by atomic mass is 9.77. The van der Waals surface area contributed by atoms with Gasteiger partial charge in [-0.05, 0) is 55.0 Å². The number of morpholine rings is 1. The number of benzene rings is 1. The molecular weight excluding hydrogens is 350 g/mol. The molecule has 0 radical (unpaired) electrons. The number of carbonyl (C=O) groups is 1. The molecule has 154 valence electrons. The van der Waals surface area contributed by atoms with Crippen molar-refractivity contribution in [3.8, 4) is 0 Å². The second-order valence-corrected chi connectivity index (χ2v) is 9.39. The van der Waals surface area contributed by atoms with Gasteiger partial charge >= 0.3 is 0 Å². The lowest BCUT2D eigenvalue weighted by molar-refractivity contribution is -0.128. The SMILES string of the molecule is CC(C)CN1CC2(CCN(Cc3cccc(N4CCOCC4)c3)CC2)CC1=O. The van der Waals surface area contributed by atoms with Gasteiger partial charge in [0, 0.05) is 44.8 Å². The van der Waals surface area contributed by atoms with E-state index in [0.717, 1.165) is 78.3 Å². The molecule has 0 bridgehead atoms. The second-order valence-electron chi connectivity index (χ2n) is 9.39. The van der Waals surface area contributed by atoms with Crippen LogP contribution < -0.4 is 4.90 Å². The fourth-order valence-corrected chi connectivity index (χ4v) is 5.04. The van der Waals surface area contributed by atoms with Crippen LogP contribution in [0, 0.1) is 11.3 Å². The summed E-state index contributed by atoms with van der Waals surface area (Å²) >= 11 is 0. The van der Waals surface area contributed by atoms with Gasteiger partial charge in [0.25, 0.3) is 0 Å². The first-order valence-corrected chi connectivity index (χ1v) is 10.9. The van der Waals surface area contributed by atoms with E-state index in [1.165, 1.54) is 11.3 Å². The number of carbonyl (C=O) groups excluding carboxylic acids is 1.